The number of fused-ring (bicyclic) bond motifs is 1. The highest BCUT2D eigenvalue weighted by atomic mass is 16.5. The lowest BCUT2D eigenvalue weighted by molar-refractivity contribution is 0.247. The van der Waals surface area contributed by atoms with Gasteiger partial charge in [0.1, 0.15) is 17.2 Å². The summed E-state index contributed by atoms with van der Waals surface area (Å²) in [6, 6.07) is 24.6. The molecule has 1 N–H and O–H groups in total. The number of phenols is 1. The van der Waals surface area contributed by atoms with Crippen LogP contribution in [0.25, 0.3) is 0 Å². The lowest BCUT2D eigenvalue weighted by atomic mass is 9.76. The predicted octanol–water partition coefficient (Wildman–Crippen LogP) is 6.74. The summed E-state index contributed by atoms with van der Waals surface area (Å²) in [6.07, 6.45) is 7.69. The average molecular weight is 472 g/mol. The fourth-order valence-corrected chi connectivity index (χ4v) is 5.56. The van der Waals surface area contributed by atoms with Crippen LogP contribution in [-0.4, -0.2) is 42.9 Å². The van der Waals surface area contributed by atoms with Crippen molar-refractivity contribution in [2.75, 3.05) is 32.8 Å². The molecular weight excluding hydrogens is 434 g/mol. The molecule has 2 heterocycles. The molecule has 3 aromatic carbocycles. The second-order valence-electron chi connectivity index (χ2n) is 9.91. The summed E-state index contributed by atoms with van der Waals surface area (Å²) in [5, 5.41) is 9.97. The lowest BCUT2D eigenvalue weighted by Crippen LogP contribution is -2.25. The van der Waals surface area contributed by atoms with Gasteiger partial charge in [-0.25, -0.2) is 0 Å². The van der Waals surface area contributed by atoms with Gasteiger partial charge in [-0.3, -0.25) is 0 Å². The van der Waals surface area contributed by atoms with E-state index in [9.17, 15) is 5.11 Å². The number of unbranched alkanes of at least 4 members (excludes halogenated alkanes) is 3. The zero-order valence-electron chi connectivity index (χ0n) is 20.6. The van der Waals surface area contributed by atoms with E-state index in [1.54, 1.807) is 12.1 Å². The van der Waals surface area contributed by atoms with Crippen LogP contribution >= 0.6 is 0 Å². The highest BCUT2D eigenvalue weighted by molar-refractivity contribution is 5.50. The zero-order valence-corrected chi connectivity index (χ0v) is 20.6. The van der Waals surface area contributed by atoms with Gasteiger partial charge in [0.15, 0.2) is 0 Å². The van der Waals surface area contributed by atoms with Crippen molar-refractivity contribution < 1.29 is 14.6 Å². The Bertz CT molecular complexity index is 1060. The van der Waals surface area contributed by atoms with Crippen LogP contribution < -0.4 is 9.47 Å². The van der Waals surface area contributed by atoms with Crippen LogP contribution in [0.2, 0.25) is 0 Å². The van der Waals surface area contributed by atoms with Gasteiger partial charge in [-0.1, -0.05) is 61.4 Å². The van der Waals surface area contributed by atoms with Crippen LogP contribution in [-0.2, 0) is 0 Å². The van der Waals surface area contributed by atoms with Crippen LogP contribution in [0.5, 0.6) is 17.2 Å². The third kappa shape index (κ3) is 5.99. The van der Waals surface area contributed by atoms with E-state index in [0.29, 0.717) is 6.61 Å². The number of aromatic hydroxyl groups is 1. The summed E-state index contributed by atoms with van der Waals surface area (Å²) in [7, 11) is 0. The Kier molecular flexibility index (Phi) is 7.89. The molecule has 5 rings (SSSR count). The molecule has 0 bridgehead atoms. The quantitative estimate of drug-likeness (QED) is 0.333. The van der Waals surface area contributed by atoms with Crippen molar-refractivity contribution in [3.63, 3.8) is 0 Å². The minimum Gasteiger partial charge on any atom is -0.508 e. The van der Waals surface area contributed by atoms with Gasteiger partial charge >= 0.3 is 0 Å². The van der Waals surface area contributed by atoms with Gasteiger partial charge in [-0.05, 0) is 74.6 Å². The second kappa shape index (κ2) is 11.6. The van der Waals surface area contributed by atoms with Crippen LogP contribution in [0.1, 0.15) is 67.1 Å². The topological polar surface area (TPSA) is 41.9 Å². The summed E-state index contributed by atoms with van der Waals surface area (Å²) in [4.78, 5) is 2.60. The molecule has 0 aromatic heterocycles. The van der Waals surface area contributed by atoms with E-state index >= 15 is 0 Å². The first-order valence-corrected chi connectivity index (χ1v) is 13.2. The third-order valence-corrected chi connectivity index (χ3v) is 7.46. The Balaban J connectivity index is 1.19. The lowest BCUT2D eigenvalue weighted by Gasteiger charge is -2.34. The largest absolute Gasteiger partial charge is 0.508 e. The van der Waals surface area contributed by atoms with Gasteiger partial charge in [0.05, 0.1) is 13.2 Å². The first-order valence-electron chi connectivity index (χ1n) is 13.2. The van der Waals surface area contributed by atoms with E-state index in [2.05, 4.69) is 53.4 Å². The molecule has 184 valence electrons. The van der Waals surface area contributed by atoms with Crippen molar-refractivity contribution in [2.45, 2.75) is 50.4 Å². The number of hydrogen-bond donors (Lipinski definition) is 1. The number of rotatable bonds is 10. The van der Waals surface area contributed by atoms with Crippen LogP contribution in [0, 0.1) is 0 Å². The minimum absolute atomic E-state index is 0.159. The van der Waals surface area contributed by atoms with E-state index in [1.807, 2.05) is 12.1 Å². The third-order valence-electron chi connectivity index (χ3n) is 7.46. The van der Waals surface area contributed by atoms with E-state index in [1.165, 1.54) is 62.9 Å². The Labute approximate surface area is 209 Å². The Morgan fingerprint density at radius 2 is 1.60 bits per heavy atom. The molecule has 1 fully saturated rings. The number of ether oxygens (including phenoxy) is 2. The number of nitrogens with zero attached hydrogens (tertiary/aromatic N) is 1. The SMILES string of the molecule is Oc1ccc2c(c1)OC[C@@H](c1ccccc1)[C@@H]2c1ccc(OCCCCCCN2CCCC2)cc1. The van der Waals surface area contributed by atoms with Gasteiger partial charge < -0.3 is 19.5 Å². The number of phenolic OH excluding ortho intramolecular Hbond substituents is 1. The Morgan fingerprint density at radius 3 is 2.40 bits per heavy atom. The van der Waals surface area contributed by atoms with E-state index in [0.717, 1.165) is 30.1 Å². The van der Waals surface area contributed by atoms with Crippen molar-refractivity contribution in [1.82, 2.24) is 4.90 Å². The Hall–Kier alpha value is -2.98. The highest BCUT2D eigenvalue weighted by Crippen LogP contribution is 2.47. The molecule has 3 aromatic rings. The second-order valence-corrected chi connectivity index (χ2v) is 9.91. The van der Waals surface area contributed by atoms with Gasteiger partial charge in [0.2, 0.25) is 0 Å². The molecule has 0 radical (unpaired) electrons. The van der Waals surface area contributed by atoms with Gasteiger partial charge in [0, 0.05) is 23.5 Å². The van der Waals surface area contributed by atoms with Crippen LogP contribution in [0.3, 0.4) is 0 Å². The van der Waals surface area contributed by atoms with Crippen LogP contribution in [0.4, 0.5) is 0 Å². The molecule has 2 atom stereocenters. The van der Waals surface area contributed by atoms with Crippen LogP contribution in [0.15, 0.2) is 72.8 Å². The minimum atomic E-state index is 0.159. The molecule has 0 saturated carbocycles. The molecule has 0 amide bonds. The molecule has 0 spiro atoms. The fraction of sp³-hybridized carbons (Fsp3) is 0.419. The summed E-state index contributed by atoms with van der Waals surface area (Å²) in [5.74, 6) is 2.31. The maximum atomic E-state index is 9.97. The summed E-state index contributed by atoms with van der Waals surface area (Å²) < 4.78 is 12.1. The van der Waals surface area contributed by atoms with Crippen molar-refractivity contribution >= 4 is 0 Å². The normalized spacial score (nSPS) is 19.8. The number of benzene rings is 3. The number of likely N-dealkylation sites (tertiary alicyclic amines) is 1. The zero-order chi connectivity index (χ0) is 23.9. The summed E-state index contributed by atoms with van der Waals surface area (Å²) in [6.45, 7) is 5.22. The van der Waals surface area contributed by atoms with E-state index < -0.39 is 0 Å². The summed E-state index contributed by atoms with van der Waals surface area (Å²) in [5.41, 5.74) is 3.62. The van der Waals surface area contributed by atoms with Crippen molar-refractivity contribution in [3.05, 3.63) is 89.5 Å². The first-order chi connectivity index (χ1) is 17.3. The maximum Gasteiger partial charge on any atom is 0.126 e. The van der Waals surface area contributed by atoms with Crippen molar-refractivity contribution in [1.29, 1.82) is 0 Å². The molecule has 4 heteroatoms. The number of hydrogen-bond acceptors (Lipinski definition) is 4. The molecule has 0 aliphatic carbocycles. The molecule has 0 unspecified atom stereocenters. The van der Waals surface area contributed by atoms with Crippen molar-refractivity contribution in [3.8, 4) is 17.2 Å². The molecule has 35 heavy (non-hydrogen) atoms. The Morgan fingerprint density at radius 1 is 0.829 bits per heavy atom. The van der Waals surface area contributed by atoms with E-state index in [4.69, 9.17) is 9.47 Å². The van der Waals surface area contributed by atoms with Gasteiger partial charge in [-0.2, -0.15) is 0 Å². The molecule has 2 aliphatic rings. The smallest absolute Gasteiger partial charge is 0.126 e. The first kappa shape index (κ1) is 23.7. The average Bonchev–Trinajstić information content (AvgIpc) is 3.42. The predicted molar refractivity (Wildman–Crippen MR) is 141 cm³/mol. The summed E-state index contributed by atoms with van der Waals surface area (Å²) >= 11 is 0. The fourth-order valence-electron chi connectivity index (χ4n) is 5.56. The molecule has 2 aliphatic heterocycles. The van der Waals surface area contributed by atoms with Gasteiger partial charge in [-0.15, -0.1) is 0 Å². The van der Waals surface area contributed by atoms with Crippen molar-refractivity contribution in [2.24, 2.45) is 0 Å². The molecule has 1 saturated heterocycles. The standard InChI is InChI=1S/C31H37NO3/c33-26-14-17-28-30(22-26)35-23-29(24-10-4-3-5-11-24)31(28)25-12-15-27(16-13-25)34-21-9-2-1-6-18-32-19-7-8-20-32/h3-5,10-17,22,29,31,33H,1-2,6-9,18-21,23H2/t29-,31+/m0/s1. The van der Waals surface area contributed by atoms with E-state index in [-0.39, 0.29) is 17.6 Å². The maximum absolute atomic E-state index is 9.97. The highest BCUT2D eigenvalue weighted by Gasteiger charge is 2.33. The monoisotopic (exact) mass is 471 g/mol. The molecular formula is C31H37NO3. The van der Waals surface area contributed by atoms with Gasteiger partial charge in [0.25, 0.3) is 0 Å². The molecule has 4 nitrogen and oxygen atoms in total.